The van der Waals surface area contributed by atoms with Gasteiger partial charge in [0.15, 0.2) is 0 Å². The molecule has 1 fully saturated rings. The van der Waals surface area contributed by atoms with Gasteiger partial charge in [-0.05, 0) is 31.1 Å². The second-order valence-electron chi connectivity index (χ2n) is 3.25. The van der Waals surface area contributed by atoms with Crippen molar-refractivity contribution >= 4 is 0 Å². The van der Waals surface area contributed by atoms with E-state index in [2.05, 4.69) is 6.08 Å². The van der Waals surface area contributed by atoms with Crippen LogP contribution in [0.15, 0.2) is 12.2 Å². The van der Waals surface area contributed by atoms with Crippen LogP contribution in [0.4, 0.5) is 0 Å². The van der Waals surface area contributed by atoms with E-state index in [9.17, 15) is 5.11 Å². The Balaban J connectivity index is 2.10. The van der Waals surface area contributed by atoms with Crippen LogP contribution in [0.5, 0.6) is 0 Å². The Morgan fingerprint density at radius 3 is 2.89 bits per heavy atom. The Hall–Kier alpha value is -0.300. The third-order valence-electron chi connectivity index (χ3n) is 2.56. The molecular weight excluding hydrogens is 112 g/mol. The lowest BCUT2D eigenvalue weighted by Crippen LogP contribution is -2.29. The Morgan fingerprint density at radius 2 is 2.11 bits per heavy atom. The average Bonchev–Trinajstić information content (AvgIpc) is 1.93. The number of allylic oxidation sites excluding steroid dienone is 1. The second-order valence-corrected chi connectivity index (χ2v) is 3.25. The fraction of sp³-hybridized carbons (Fsp3) is 0.750. The van der Waals surface area contributed by atoms with Gasteiger partial charge in [0.25, 0.3) is 0 Å². The van der Waals surface area contributed by atoms with Crippen molar-refractivity contribution in [2.75, 3.05) is 0 Å². The number of hydrogen-bond acceptors (Lipinski definition) is 1. The maximum atomic E-state index is 9.31. The summed E-state index contributed by atoms with van der Waals surface area (Å²) in [5, 5.41) is 9.31. The summed E-state index contributed by atoms with van der Waals surface area (Å²) in [4.78, 5) is 0. The van der Waals surface area contributed by atoms with Crippen molar-refractivity contribution in [2.45, 2.75) is 25.4 Å². The monoisotopic (exact) mass is 124 g/mol. The molecule has 1 unspecified atom stereocenters. The van der Waals surface area contributed by atoms with E-state index in [-0.39, 0.29) is 6.10 Å². The molecule has 0 aromatic heterocycles. The third-order valence-corrected chi connectivity index (χ3v) is 2.56. The first-order chi connectivity index (χ1) is 4.36. The molecule has 9 heavy (non-hydrogen) atoms. The highest BCUT2D eigenvalue weighted by atomic mass is 16.3. The van der Waals surface area contributed by atoms with Crippen molar-refractivity contribution in [1.82, 2.24) is 0 Å². The molecule has 0 aromatic carbocycles. The lowest BCUT2D eigenvalue weighted by atomic mass is 9.73. The van der Waals surface area contributed by atoms with Crippen LogP contribution in [0, 0.1) is 11.8 Å². The van der Waals surface area contributed by atoms with Gasteiger partial charge in [0, 0.05) is 0 Å². The summed E-state index contributed by atoms with van der Waals surface area (Å²) < 4.78 is 0. The maximum Gasteiger partial charge on any atom is 0.0749 e. The molecule has 1 saturated carbocycles. The second kappa shape index (κ2) is 1.84. The Morgan fingerprint density at radius 1 is 1.33 bits per heavy atom. The summed E-state index contributed by atoms with van der Waals surface area (Å²) in [6, 6.07) is 0. The van der Waals surface area contributed by atoms with Crippen LogP contribution in [0.2, 0.25) is 0 Å². The first-order valence-electron chi connectivity index (χ1n) is 3.71. The minimum Gasteiger partial charge on any atom is -0.389 e. The molecule has 3 aliphatic rings. The van der Waals surface area contributed by atoms with Crippen LogP contribution in [-0.4, -0.2) is 11.2 Å². The van der Waals surface area contributed by atoms with Gasteiger partial charge in [-0.15, -0.1) is 0 Å². The summed E-state index contributed by atoms with van der Waals surface area (Å²) in [6.45, 7) is 0. The Labute approximate surface area is 55.4 Å². The number of fused-ring (bicyclic) bond motifs is 2. The number of hydrogen-bond donors (Lipinski definition) is 1. The lowest BCUT2D eigenvalue weighted by Gasteiger charge is -2.34. The van der Waals surface area contributed by atoms with Gasteiger partial charge < -0.3 is 5.11 Å². The quantitative estimate of drug-likeness (QED) is 0.483. The van der Waals surface area contributed by atoms with Gasteiger partial charge in [-0.3, -0.25) is 0 Å². The van der Waals surface area contributed by atoms with E-state index in [1.165, 1.54) is 19.3 Å². The minimum atomic E-state index is -0.122. The number of aliphatic hydroxyl groups excluding tert-OH is 1. The normalized spacial score (nSPS) is 47.9. The zero-order valence-electron chi connectivity index (χ0n) is 5.46. The highest BCUT2D eigenvalue weighted by Gasteiger charge is 2.34. The van der Waals surface area contributed by atoms with Gasteiger partial charge >= 0.3 is 0 Å². The predicted molar refractivity (Wildman–Crippen MR) is 36.0 cm³/mol. The van der Waals surface area contributed by atoms with Gasteiger partial charge in [0.2, 0.25) is 0 Å². The van der Waals surface area contributed by atoms with Crippen molar-refractivity contribution in [3.05, 3.63) is 12.2 Å². The molecule has 3 aliphatic carbocycles. The van der Waals surface area contributed by atoms with Crippen molar-refractivity contribution in [2.24, 2.45) is 11.8 Å². The van der Waals surface area contributed by atoms with Crippen LogP contribution in [0.3, 0.4) is 0 Å². The molecule has 0 radical (unpaired) electrons. The van der Waals surface area contributed by atoms with E-state index in [0.29, 0.717) is 5.92 Å². The largest absolute Gasteiger partial charge is 0.389 e. The molecule has 1 heteroatoms. The van der Waals surface area contributed by atoms with E-state index in [4.69, 9.17) is 0 Å². The van der Waals surface area contributed by atoms with Crippen LogP contribution in [0.25, 0.3) is 0 Å². The predicted octanol–water partition coefficient (Wildman–Crippen LogP) is 1.33. The molecule has 0 heterocycles. The summed E-state index contributed by atoms with van der Waals surface area (Å²) in [5.74, 6) is 1.51. The van der Waals surface area contributed by atoms with E-state index in [1.807, 2.05) is 6.08 Å². The smallest absolute Gasteiger partial charge is 0.0749 e. The molecule has 0 aromatic rings. The van der Waals surface area contributed by atoms with E-state index >= 15 is 0 Å². The number of aliphatic hydroxyl groups is 1. The van der Waals surface area contributed by atoms with Crippen LogP contribution >= 0.6 is 0 Å². The highest BCUT2D eigenvalue weighted by molar-refractivity contribution is 5.03. The van der Waals surface area contributed by atoms with Gasteiger partial charge in [-0.25, -0.2) is 0 Å². The molecule has 1 atom stereocenters. The number of rotatable bonds is 0. The molecule has 0 aliphatic heterocycles. The van der Waals surface area contributed by atoms with Crippen molar-refractivity contribution in [3.8, 4) is 0 Å². The van der Waals surface area contributed by atoms with Crippen molar-refractivity contribution in [1.29, 1.82) is 0 Å². The highest BCUT2D eigenvalue weighted by Crippen LogP contribution is 2.40. The average molecular weight is 124 g/mol. The zero-order chi connectivity index (χ0) is 6.27. The molecule has 0 saturated heterocycles. The fourth-order valence-corrected chi connectivity index (χ4v) is 1.83. The minimum absolute atomic E-state index is 0.122. The molecular formula is C8H12O. The van der Waals surface area contributed by atoms with E-state index in [0.717, 1.165) is 5.92 Å². The standard InChI is InChI=1S/C8H12O/c9-8-3-1-2-6-4-7(8)5-6/h1,3,6-9H,2,4-5H2. The van der Waals surface area contributed by atoms with Gasteiger partial charge in [0.1, 0.15) is 0 Å². The first-order valence-corrected chi connectivity index (χ1v) is 3.71. The van der Waals surface area contributed by atoms with Crippen LogP contribution in [0.1, 0.15) is 19.3 Å². The van der Waals surface area contributed by atoms with Crippen LogP contribution in [-0.2, 0) is 0 Å². The summed E-state index contributed by atoms with van der Waals surface area (Å²) in [5.41, 5.74) is 0. The molecule has 1 N–H and O–H groups in total. The van der Waals surface area contributed by atoms with Crippen molar-refractivity contribution < 1.29 is 5.11 Å². The van der Waals surface area contributed by atoms with Gasteiger partial charge in [-0.2, -0.15) is 0 Å². The van der Waals surface area contributed by atoms with Gasteiger partial charge in [0.05, 0.1) is 6.10 Å². The molecule has 2 bridgehead atoms. The zero-order valence-corrected chi connectivity index (χ0v) is 5.46. The molecule has 50 valence electrons. The van der Waals surface area contributed by atoms with E-state index < -0.39 is 0 Å². The maximum absolute atomic E-state index is 9.31. The fourth-order valence-electron chi connectivity index (χ4n) is 1.83. The van der Waals surface area contributed by atoms with Crippen molar-refractivity contribution in [3.63, 3.8) is 0 Å². The Kier molecular flexibility index (Phi) is 1.12. The summed E-state index contributed by atoms with van der Waals surface area (Å²) >= 11 is 0. The molecule has 3 rings (SSSR count). The molecule has 1 nitrogen and oxygen atoms in total. The van der Waals surface area contributed by atoms with Crippen LogP contribution < -0.4 is 0 Å². The Bertz CT molecular complexity index is 134. The lowest BCUT2D eigenvalue weighted by molar-refractivity contribution is 0.0674. The first kappa shape index (κ1) is 5.48. The molecule has 0 amide bonds. The van der Waals surface area contributed by atoms with Gasteiger partial charge in [-0.1, -0.05) is 12.2 Å². The van der Waals surface area contributed by atoms with E-state index in [1.54, 1.807) is 0 Å². The summed E-state index contributed by atoms with van der Waals surface area (Å²) in [7, 11) is 0. The molecule has 0 spiro atoms. The third kappa shape index (κ3) is 0.799. The topological polar surface area (TPSA) is 20.2 Å². The summed E-state index contributed by atoms with van der Waals surface area (Å²) in [6.07, 6.45) is 7.68. The SMILES string of the molecule is OC1C=CCC2CC1C2.